The molecule has 25 heavy (non-hydrogen) atoms. The van der Waals surface area contributed by atoms with Gasteiger partial charge in [0.1, 0.15) is 5.82 Å². The summed E-state index contributed by atoms with van der Waals surface area (Å²) >= 11 is 0. The van der Waals surface area contributed by atoms with Gasteiger partial charge in [0.15, 0.2) is 0 Å². The van der Waals surface area contributed by atoms with Gasteiger partial charge in [0.05, 0.1) is 5.57 Å². The first kappa shape index (κ1) is 15.2. The highest BCUT2D eigenvalue weighted by atomic mass is 19.1. The molecule has 3 aromatic rings. The number of H-pyrrole nitrogens is 1. The van der Waals surface area contributed by atoms with Crippen LogP contribution < -0.4 is 10.6 Å². The molecular formula is C20H16FN3O. The van der Waals surface area contributed by atoms with Crippen LogP contribution >= 0.6 is 0 Å². The van der Waals surface area contributed by atoms with Gasteiger partial charge < -0.3 is 15.6 Å². The lowest BCUT2D eigenvalue weighted by atomic mass is 10.0. The van der Waals surface area contributed by atoms with Crippen LogP contribution in [-0.2, 0) is 11.3 Å². The predicted octanol–water partition coefficient (Wildman–Crippen LogP) is 4.26. The SMILES string of the molecule is O=C1Nc2ccc(NCc3ccccc3F)cc2/C1=C/c1ccc[nH]1. The summed E-state index contributed by atoms with van der Waals surface area (Å²) < 4.78 is 13.7. The van der Waals surface area contributed by atoms with Crippen LogP contribution in [0, 0.1) is 5.82 Å². The third-order valence-corrected chi connectivity index (χ3v) is 4.17. The van der Waals surface area contributed by atoms with Crippen LogP contribution in [0.4, 0.5) is 15.8 Å². The summed E-state index contributed by atoms with van der Waals surface area (Å²) in [6.45, 7) is 0.377. The maximum Gasteiger partial charge on any atom is 0.256 e. The van der Waals surface area contributed by atoms with E-state index >= 15 is 0 Å². The Kier molecular flexibility index (Phi) is 3.82. The average molecular weight is 333 g/mol. The highest BCUT2D eigenvalue weighted by Gasteiger charge is 2.24. The fourth-order valence-corrected chi connectivity index (χ4v) is 2.87. The minimum atomic E-state index is -0.236. The molecule has 2 heterocycles. The Labute approximate surface area is 144 Å². The second-order valence-electron chi connectivity index (χ2n) is 5.84. The number of hydrogen-bond acceptors (Lipinski definition) is 2. The van der Waals surface area contributed by atoms with Crippen molar-refractivity contribution in [2.24, 2.45) is 0 Å². The zero-order chi connectivity index (χ0) is 17.2. The molecule has 0 spiro atoms. The van der Waals surface area contributed by atoms with Gasteiger partial charge in [-0.3, -0.25) is 4.79 Å². The van der Waals surface area contributed by atoms with E-state index in [-0.39, 0.29) is 11.7 Å². The Morgan fingerprint density at radius 3 is 2.76 bits per heavy atom. The van der Waals surface area contributed by atoms with E-state index in [0.29, 0.717) is 17.7 Å². The van der Waals surface area contributed by atoms with Crippen LogP contribution in [0.5, 0.6) is 0 Å². The average Bonchev–Trinajstić information content (AvgIpc) is 3.23. The van der Waals surface area contributed by atoms with E-state index in [9.17, 15) is 9.18 Å². The first-order valence-corrected chi connectivity index (χ1v) is 7.99. The lowest BCUT2D eigenvalue weighted by Crippen LogP contribution is -2.03. The third kappa shape index (κ3) is 3.04. The monoisotopic (exact) mass is 333 g/mol. The van der Waals surface area contributed by atoms with E-state index in [1.165, 1.54) is 6.07 Å². The quantitative estimate of drug-likeness (QED) is 0.625. The van der Waals surface area contributed by atoms with E-state index in [1.807, 2.05) is 48.7 Å². The van der Waals surface area contributed by atoms with E-state index in [0.717, 1.165) is 22.6 Å². The number of halogens is 1. The summed E-state index contributed by atoms with van der Waals surface area (Å²) in [5, 5.41) is 6.07. The first-order chi connectivity index (χ1) is 12.2. The van der Waals surface area contributed by atoms with Crippen molar-refractivity contribution in [1.82, 2.24) is 4.98 Å². The molecule has 3 N–H and O–H groups in total. The fourth-order valence-electron chi connectivity index (χ4n) is 2.87. The lowest BCUT2D eigenvalue weighted by Gasteiger charge is -2.09. The zero-order valence-electron chi connectivity index (χ0n) is 13.3. The van der Waals surface area contributed by atoms with Crippen molar-refractivity contribution < 1.29 is 9.18 Å². The van der Waals surface area contributed by atoms with Gasteiger partial charge in [0.2, 0.25) is 0 Å². The second kappa shape index (κ2) is 6.28. The van der Waals surface area contributed by atoms with Gasteiger partial charge in [-0.15, -0.1) is 0 Å². The van der Waals surface area contributed by atoms with E-state index in [1.54, 1.807) is 12.1 Å². The minimum Gasteiger partial charge on any atom is -0.381 e. The molecule has 0 fully saturated rings. The summed E-state index contributed by atoms with van der Waals surface area (Å²) in [5.41, 5.74) is 4.50. The molecule has 0 bridgehead atoms. The molecule has 2 aromatic carbocycles. The topological polar surface area (TPSA) is 56.9 Å². The Morgan fingerprint density at radius 2 is 1.96 bits per heavy atom. The van der Waals surface area contributed by atoms with Crippen molar-refractivity contribution in [2.75, 3.05) is 10.6 Å². The predicted molar refractivity (Wildman–Crippen MR) is 97.5 cm³/mol. The third-order valence-electron chi connectivity index (χ3n) is 4.17. The smallest absolute Gasteiger partial charge is 0.256 e. The molecule has 0 radical (unpaired) electrons. The minimum absolute atomic E-state index is 0.129. The number of fused-ring (bicyclic) bond motifs is 1. The van der Waals surface area contributed by atoms with E-state index in [4.69, 9.17) is 0 Å². The molecule has 0 saturated heterocycles. The number of aromatic amines is 1. The molecule has 5 heteroatoms. The molecule has 4 rings (SSSR count). The second-order valence-corrected chi connectivity index (χ2v) is 5.84. The number of carbonyl (C=O) groups is 1. The fraction of sp³-hybridized carbons (Fsp3) is 0.0500. The van der Waals surface area contributed by atoms with Crippen molar-refractivity contribution in [2.45, 2.75) is 6.54 Å². The molecule has 1 aliphatic heterocycles. The molecule has 0 unspecified atom stereocenters. The first-order valence-electron chi connectivity index (χ1n) is 7.99. The largest absolute Gasteiger partial charge is 0.381 e. The Bertz CT molecular complexity index is 961. The Morgan fingerprint density at radius 1 is 1.08 bits per heavy atom. The van der Waals surface area contributed by atoms with Crippen molar-refractivity contribution >= 4 is 28.9 Å². The number of nitrogens with one attached hydrogen (secondary N) is 3. The van der Waals surface area contributed by atoms with Crippen molar-refractivity contribution in [3.63, 3.8) is 0 Å². The van der Waals surface area contributed by atoms with Gasteiger partial charge >= 0.3 is 0 Å². The van der Waals surface area contributed by atoms with Crippen LogP contribution in [0.15, 0.2) is 60.8 Å². The summed E-state index contributed by atoms with van der Waals surface area (Å²) in [4.78, 5) is 15.3. The van der Waals surface area contributed by atoms with Gasteiger partial charge in [-0.1, -0.05) is 18.2 Å². The molecule has 124 valence electrons. The number of benzene rings is 2. The van der Waals surface area contributed by atoms with E-state index in [2.05, 4.69) is 15.6 Å². The highest BCUT2D eigenvalue weighted by Crippen LogP contribution is 2.35. The number of rotatable bonds is 4. The van der Waals surface area contributed by atoms with E-state index < -0.39 is 0 Å². The number of anilines is 2. The number of amides is 1. The molecule has 1 aliphatic rings. The van der Waals surface area contributed by atoms with Gasteiger partial charge in [0, 0.05) is 40.9 Å². The van der Waals surface area contributed by atoms with Crippen LogP contribution in [0.25, 0.3) is 11.6 Å². The summed E-state index contributed by atoms with van der Waals surface area (Å²) in [7, 11) is 0. The number of carbonyl (C=O) groups excluding carboxylic acids is 1. The van der Waals surface area contributed by atoms with Gasteiger partial charge in [-0.05, 0) is 42.5 Å². The zero-order valence-corrected chi connectivity index (χ0v) is 13.3. The Hall–Kier alpha value is -3.34. The van der Waals surface area contributed by atoms with Crippen molar-refractivity contribution in [1.29, 1.82) is 0 Å². The summed E-state index contributed by atoms with van der Waals surface area (Å²) in [6.07, 6.45) is 3.63. The molecule has 0 saturated carbocycles. The normalized spacial score (nSPS) is 14.4. The number of aromatic nitrogens is 1. The summed E-state index contributed by atoms with van der Waals surface area (Å²) in [5.74, 6) is -0.365. The van der Waals surface area contributed by atoms with Gasteiger partial charge in [0.25, 0.3) is 5.91 Å². The maximum atomic E-state index is 13.7. The molecule has 0 aliphatic carbocycles. The molecule has 0 atom stereocenters. The Balaban J connectivity index is 1.60. The maximum absolute atomic E-state index is 13.7. The van der Waals surface area contributed by atoms with Crippen LogP contribution in [0.3, 0.4) is 0 Å². The van der Waals surface area contributed by atoms with Crippen LogP contribution in [0.2, 0.25) is 0 Å². The summed E-state index contributed by atoms with van der Waals surface area (Å²) in [6, 6.07) is 16.1. The van der Waals surface area contributed by atoms with Crippen LogP contribution in [-0.4, -0.2) is 10.9 Å². The standard InChI is InChI=1S/C20H16FN3O/c21-18-6-2-1-4-13(18)12-23-15-7-8-19-16(10-15)17(20(25)24-19)11-14-5-3-9-22-14/h1-11,22-23H,12H2,(H,24,25)/b17-11-. The molecule has 1 amide bonds. The molecule has 1 aromatic heterocycles. The molecular weight excluding hydrogens is 317 g/mol. The van der Waals surface area contributed by atoms with Gasteiger partial charge in [-0.25, -0.2) is 4.39 Å². The van der Waals surface area contributed by atoms with Crippen molar-refractivity contribution in [3.8, 4) is 0 Å². The van der Waals surface area contributed by atoms with Crippen molar-refractivity contribution in [3.05, 3.63) is 83.4 Å². The number of hydrogen-bond donors (Lipinski definition) is 3. The van der Waals surface area contributed by atoms with Gasteiger partial charge in [-0.2, -0.15) is 0 Å². The molecule has 4 nitrogen and oxygen atoms in total. The van der Waals surface area contributed by atoms with Crippen LogP contribution in [0.1, 0.15) is 16.8 Å². The lowest BCUT2D eigenvalue weighted by molar-refractivity contribution is -0.110. The highest BCUT2D eigenvalue weighted by molar-refractivity contribution is 6.35.